The molecule has 0 fully saturated rings. The zero-order chi connectivity index (χ0) is 16.0. The van der Waals surface area contributed by atoms with Gasteiger partial charge < -0.3 is 10.2 Å². The van der Waals surface area contributed by atoms with E-state index in [1.807, 2.05) is 7.05 Å². The van der Waals surface area contributed by atoms with E-state index < -0.39 is 10.8 Å². The summed E-state index contributed by atoms with van der Waals surface area (Å²) >= 11 is 5.68. The van der Waals surface area contributed by atoms with E-state index >= 15 is 0 Å². The number of pyridine rings is 1. The lowest BCUT2D eigenvalue weighted by Gasteiger charge is -2.20. The number of halogens is 1. The van der Waals surface area contributed by atoms with Crippen molar-refractivity contribution in [2.24, 2.45) is 0 Å². The third-order valence-corrected chi connectivity index (χ3v) is 3.35. The lowest BCUT2D eigenvalue weighted by Crippen LogP contribution is -2.31. The summed E-state index contributed by atoms with van der Waals surface area (Å²) in [6.45, 7) is 5.44. The molecule has 0 aliphatic carbocycles. The number of aromatic nitrogens is 1. The van der Waals surface area contributed by atoms with Crippen molar-refractivity contribution in [3.8, 4) is 0 Å². The number of nitrogens with zero attached hydrogens (tertiary/aromatic N) is 3. The van der Waals surface area contributed by atoms with Gasteiger partial charge in [0.1, 0.15) is 16.9 Å². The van der Waals surface area contributed by atoms with Gasteiger partial charge in [-0.05, 0) is 39.9 Å². The molecule has 1 amide bonds. The van der Waals surface area contributed by atoms with E-state index in [0.29, 0.717) is 12.6 Å². The molecule has 8 heteroatoms. The van der Waals surface area contributed by atoms with Crippen LogP contribution in [0, 0.1) is 10.1 Å². The predicted molar refractivity (Wildman–Crippen MR) is 80.6 cm³/mol. The summed E-state index contributed by atoms with van der Waals surface area (Å²) in [6.07, 6.45) is 1.75. The molecule has 1 aromatic rings. The number of hydrogen-bond donors (Lipinski definition) is 1. The number of carbonyl (C=O) groups excluding carboxylic acids is 1. The Balaban J connectivity index is 2.60. The van der Waals surface area contributed by atoms with E-state index in [-0.39, 0.29) is 16.4 Å². The maximum atomic E-state index is 12.0. The number of nitrogens with one attached hydrogen (secondary N) is 1. The van der Waals surface area contributed by atoms with E-state index in [1.165, 1.54) is 6.07 Å². The number of nitro groups is 1. The minimum atomic E-state index is -0.648. The van der Waals surface area contributed by atoms with Gasteiger partial charge in [-0.2, -0.15) is 0 Å². The number of carbonyl (C=O) groups is 1. The Labute approximate surface area is 128 Å². The van der Waals surface area contributed by atoms with Crippen LogP contribution in [0.3, 0.4) is 0 Å². The second-order valence-electron chi connectivity index (χ2n) is 4.97. The molecule has 0 atom stereocenters. The molecule has 0 aliphatic rings. The van der Waals surface area contributed by atoms with Crippen molar-refractivity contribution in [3.05, 3.63) is 33.1 Å². The van der Waals surface area contributed by atoms with E-state index in [1.54, 1.807) is 0 Å². The highest BCUT2D eigenvalue weighted by atomic mass is 35.5. The minimum absolute atomic E-state index is 0.0466. The van der Waals surface area contributed by atoms with E-state index in [2.05, 4.69) is 29.0 Å². The van der Waals surface area contributed by atoms with Gasteiger partial charge in [0, 0.05) is 12.6 Å². The Morgan fingerprint density at radius 1 is 1.57 bits per heavy atom. The average molecular weight is 315 g/mol. The van der Waals surface area contributed by atoms with Crippen molar-refractivity contribution in [1.82, 2.24) is 15.2 Å². The Kier molecular flexibility index (Phi) is 6.51. The molecule has 0 bridgehead atoms. The number of amides is 1. The van der Waals surface area contributed by atoms with Crippen molar-refractivity contribution < 1.29 is 9.72 Å². The van der Waals surface area contributed by atoms with E-state index in [4.69, 9.17) is 11.6 Å². The van der Waals surface area contributed by atoms with Crippen molar-refractivity contribution in [1.29, 1.82) is 0 Å². The summed E-state index contributed by atoms with van der Waals surface area (Å²) in [5.74, 6) is -0.516. The largest absolute Gasteiger partial charge is 0.352 e. The number of hydrogen-bond acceptors (Lipinski definition) is 5. The Morgan fingerprint density at radius 3 is 2.81 bits per heavy atom. The molecule has 1 N–H and O–H groups in total. The molecule has 0 radical (unpaired) electrons. The van der Waals surface area contributed by atoms with Gasteiger partial charge in [0.05, 0.1) is 4.92 Å². The standard InChI is InChI=1S/C13H19ClN4O3/c1-9(2)17(3)6-4-5-15-13(19)10-7-12(14)16-8-11(10)18(20)21/h7-9H,4-6H2,1-3H3,(H,15,19). The fraction of sp³-hybridized carbons (Fsp3) is 0.538. The van der Waals surface area contributed by atoms with Crippen LogP contribution < -0.4 is 5.32 Å². The van der Waals surface area contributed by atoms with Crippen molar-refractivity contribution in [2.45, 2.75) is 26.3 Å². The molecule has 7 nitrogen and oxygen atoms in total. The predicted octanol–water partition coefficient (Wildman–Crippen LogP) is 2.10. The highest BCUT2D eigenvalue weighted by Gasteiger charge is 2.21. The van der Waals surface area contributed by atoms with Crippen molar-refractivity contribution in [2.75, 3.05) is 20.1 Å². The second kappa shape index (κ2) is 7.90. The zero-order valence-electron chi connectivity index (χ0n) is 12.3. The molecule has 0 aliphatic heterocycles. The van der Waals surface area contributed by atoms with Crippen LogP contribution >= 0.6 is 11.6 Å². The molecular formula is C13H19ClN4O3. The maximum Gasteiger partial charge on any atom is 0.300 e. The fourth-order valence-electron chi connectivity index (χ4n) is 1.63. The quantitative estimate of drug-likeness (QED) is 0.360. The van der Waals surface area contributed by atoms with Gasteiger partial charge in [0.15, 0.2) is 0 Å². The molecule has 1 aromatic heterocycles. The first kappa shape index (κ1) is 17.3. The molecular weight excluding hydrogens is 296 g/mol. The van der Waals surface area contributed by atoms with Crippen molar-refractivity contribution in [3.63, 3.8) is 0 Å². The van der Waals surface area contributed by atoms with Gasteiger partial charge in [-0.15, -0.1) is 0 Å². The lowest BCUT2D eigenvalue weighted by molar-refractivity contribution is -0.385. The molecule has 116 valence electrons. The van der Waals surface area contributed by atoms with Crippen LogP contribution in [0.25, 0.3) is 0 Å². The van der Waals surface area contributed by atoms with Crippen LogP contribution in [0.2, 0.25) is 5.15 Å². The minimum Gasteiger partial charge on any atom is -0.352 e. The molecule has 1 heterocycles. The van der Waals surface area contributed by atoms with Gasteiger partial charge in [-0.3, -0.25) is 14.9 Å². The fourth-order valence-corrected chi connectivity index (χ4v) is 1.79. The average Bonchev–Trinajstić information content (AvgIpc) is 2.42. The Morgan fingerprint density at radius 2 is 2.24 bits per heavy atom. The van der Waals surface area contributed by atoms with E-state index in [0.717, 1.165) is 19.2 Å². The van der Waals surface area contributed by atoms with Gasteiger partial charge in [0.2, 0.25) is 0 Å². The first-order valence-electron chi connectivity index (χ1n) is 6.61. The molecule has 0 spiro atoms. The van der Waals surface area contributed by atoms with Crippen LogP contribution in [0.1, 0.15) is 30.6 Å². The highest BCUT2D eigenvalue weighted by molar-refractivity contribution is 6.29. The molecule has 1 rings (SSSR count). The van der Waals surface area contributed by atoms with Crippen LogP contribution in [0.15, 0.2) is 12.3 Å². The summed E-state index contributed by atoms with van der Waals surface area (Å²) < 4.78 is 0. The summed E-state index contributed by atoms with van der Waals surface area (Å²) in [6, 6.07) is 1.63. The molecule has 0 saturated heterocycles. The summed E-state index contributed by atoms with van der Waals surface area (Å²) in [5.41, 5.74) is -0.423. The maximum absolute atomic E-state index is 12.0. The summed E-state index contributed by atoms with van der Waals surface area (Å²) in [5, 5.41) is 13.6. The topological polar surface area (TPSA) is 88.4 Å². The lowest BCUT2D eigenvalue weighted by atomic mass is 10.2. The normalized spacial score (nSPS) is 11.0. The van der Waals surface area contributed by atoms with Crippen LogP contribution in [0.4, 0.5) is 5.69 Å². The first-order valence-corrected chi connectivity index (χ1v) is 6.99. The SMILES string of the molecule is CC(C)N(C)CCCNC(=O)c1cc(Cl)ncc1[N+](=O)[O-]. The van der Waals surface area contributed by atoms with Crippen LogP contribution in [-0.2, 0) is 0 Å². The monoisotopic (exact) mass is 314 g/mol. The molecule has 0 unspecified atom stereocenters. The van der Waals surface area contributed by atoms with Gasteiger partial charge >= 0.3 is 0 Å². The smallest absolute Gasteiger partial charge is 0.300 e. The Bertz CT molecular complexity index is 522. The summed E-state index contributed by atoms with van der Waals surface area (Å²) in [4.78, 5) is 28.0. The first-order chi connectivity index (χ1) is 9.82. The van der Waals surface area contributed by atoms with Crippen molar-refractivity contribution >= 4 is 23.2 Å². The van der Waals surface area contributed by atoms with Gasteiger partial charge in [-0.1, -0.05) is 11.6 Å². The molecule has 0 aromatic carbocycles. The van der Waals surface area contributed by atoms with Crippen LogP contribution in [-0.4, -0.2) is 46.9 Å². The molecule has 21 heavy (non-hydrogen) atoms. The zero-order valence-corrected chi connectivity index (χ0v) is 13.1. The second-order valence-corrected chi connectivity index (χ2v) is 5.35. The Hall–Kier alpha value is -1.73. The number of rotatable bonds is 7. The van der Waals surface area contributed by atoms with Gasteiger partial charge in [-0.25, -0.2) is 4.98 Å². The van der Waals surface area contributed by atoms with Crippen LogP contribution in [0.5, 0.6) is 0 Å². The molecule has 0 saturated carbocycles. The highest BCUT2D eigenvalue weighted by Crippen LogP contribution is 2.20. The third kappa shape index (κ3) is 5.28. The van der Waals surface area contributed by atoms with Gasteiger partial charge in [0.25, 0.3) is 11.6 Å². The summed E-state index contributed by atoms with van der Waals surface area (Å²) in [7, 11) is 2.00. The third-order valence-electron chi connectivity index (χ3n) is 3.15. The van der Waals surface area contributed by atoms with E-state index in [9.17, 15) is 14.9 Å².